The summed E-state index contributed by atoms with van der Waals surface area (Å²) in [5.74, 6) is -1.04. The van der Waals surface area contributed by atoms with Gasteiger partial charge in [0.1, 0.15) is 0 Å². The fourth-order valence-electron chi connectivity index (χ4n) is 5.11. The van der Waals surface area contributed by atoms with Crippen molar-refractivity contribution in [2.24, 2.45) is 28.6 Å². The summed E-state index contributed by atoms with van der Waals surface area (Å²) in [6.45, 7) is 3.95. The third kappa shape index (κ3) is 1.40. The first kappa shape index (κ1) is 12.7. The summed E-state index contributed by atoms with van der Waals surface area (Å²) in [5.41, 5.74) is -0.404. The topological polar surface area (TPSA) is 74.6 Å². The van der Waals surface area contributed by atoms with Crippen LogP contribution in [0.15, 0.2) is 11.6 Å². The Morgan fingerprint density at radius 3 is 2.58 bits per heavy atom. The first-order valence-corrected chi connectivity index (χ1v) is 6.99. The Balaban J connectivity index is 2.07. The molecule has 3 aliphatic carbocycles. The zero-order valence-corrected chi connectivity index (χ0v) is 11.3. The molecule has 2 fully saturated rings. The second kappa shape index (κ2) is 3.62. The lowest BCUT2D eigenvalue weighted by Crippen LogP contribution is -2.33. The van der Waals surface area contributed by atoms with Gasteiger partial charge in [0, 0.05) is 5.57 Å². The molecule has 19 heavy (non-hydrogen) atoms. The molecule has 0 aromatic rings. The van der Waals surface area contributed by atoms with E-state index in [1.165, 1.54) is 0 Å². The highest BCUT2D eigenvalue weighted by Gasteiger charge is 2.66. The van der Waals surface area contributed by atoms with Crippen molar-refractivity contribution in [2.75, 3.05) is 0 Å². The first-order valence-electron chi connectivity index (χ1n) is 6.99. The van der Waals surface area contributed by atoms with Crippen LogP contribution in [0.4, 0.5) is 0 Å². The van der Waals surface area contributed by atoms with E-state index < -0.39 is 17.4 Å². The maximum Gasteiger partial charge on any atom is 0.331 e. The minimum atomic E-state index is -0.861. The summed E-state index contributed by atoms with van der Waals surface area (Å²) < 4.78 is 0. The Morgan fingerprint density at radius 2 is 2.00 bits per heavy atom. The molecule has 0 aromatic carbocycles. The van der Waals surface area contributed by atoms with Gasteiger partial charge in [0.25, 0.3) is 0 Å². The lowest BCUT2D eigenvalue weighted by molar-refractivity contribution is -0.148. The van der Waals surface area contributed by atoms with Gasteiger partial charge >= 0.3 is 11.9 Å². The Morgan fingerprint density at radius 1 is 1.32 bits per heavy atom. The van der Waals surface area contributed by atoms with Crippen molar-refractivity contribution in [1.29, 1.82) is 0 Å². The summed E-state index contributed by atoms with van der Waals surface area (Å²) >= 11 is 0. The molecular weight excluding hydrogens is 244 g/mol. The molecule has 104 valence electrons. The van der Waals surface area contributed by atoms with Crippen LogP contribution in [-0.4, -0.2) is 22.2 Å². The van der Waals surface area contributed by atoms with Crippen LogP contribution in [0.1, 0.15) is 39.5 Å². The summed E-state index contributed by atoms with van der Waals surface area (Å²) in [6.07, 6.45) is 5.11. The maximum atomic E-state index is 11.6. The van der Waals surface area contributed by atoms with Crippen molar-refractivity contribution in [2.45, 2.75) is 39.5 Å². The zero-order valence-electron chi connectivity index (χ0n) is 11.3. The van der Waals surface area contributed by atoms with E-state index in [0.717, 1.165) is 12.8 Å². The van der Waals surface area contributed by atoms with Crippen LogP contribution in [0.5, 0.6) is 0 Å². The minimum absolute atomic E-state index is 0.0754. The van der Waals surface area contributed by atoms with Crippen LogP contribution >= 0.6 is 0 Å². The number of carbonyl (C=O) groups is 2. The van der Waals surface area contributed by atoms with Crippen LogP contribution < -0.4 is 0 Å². The second-order valence-electron chi connectivity index (χ2n) is 6.92. The molecule has 0 aliphatic heterocycles. The summed E-state index contributed by atoms with van der Waals surface area (Å²) in [6, 6.07) is 0. The monoisotopic (exact) mass is 264 g/mol. The summed E-state index contributed by atoms with van der Waals surface area (Å²) in [5, 5.41) is 18.9. The molecule has 3 rings (SSSR count). The average molecular weight is 264 g/mol. The third-order valence-electron chi connectivity index (χ3n) is 6.04. The van der Waals surface area contributed by atoms with Gasteiger partial charge in [-0.1, -0.05) is 13.0 Å². The molecule has 0 aromatic heterocycles. The largest absolute Gasteiger partial charge is 0.481 e. The molecule has 2 saturated carbocycles. The summed E-state index contributed by atoms with van der Waals surface area (Å²) in [7, 11) is 0. The van der Waals surface area contributed by atoms with Crippen molar-refractivity contribution < 1.29 is 19.8 Å². The van der Waals surface area contributed by atoms with E-state index in [1.54, 1.807) is 6.92 Å². The lowest BCUT2D eigenvalue weighted by atomic mass is 9.67. The van der Waals surface area contributed by atoms with E-state index in [2.05, 4.69) is 6.92 Å². The van der Waals surface area contributed by atoms with Gasteiger partial charge in [-0.2, -0.15) is 0 Å². The van der Waals surface area contributed by atoms with Crippen LogP contribution in [0.3, 0.4) is 0 Å². The normalized spacial score (nSPS) is 47.7. The molecule has 5 atom stereocenters. The Labute approximate surface area is 112 Å². The molecule has 0 bridgehead atoms. The van der Waals surface area contributed by atoms with Gasteiger partial charge in [-0.25, -0.2) is 4.79 Å². The number of hydrogen-bond acceptors (Lipinski definition) is 2. The predicted molar refractivity (Wildman–Crippen MR) is 68.5 cm³/mol. The molecule has 3 aliphatic rings. The number of carboxylic acid groups (broad SMARTS) is 2. The number of aliphatic carboxylic acids is 2. The molecule has 0 heterocycles. The van der Waals surface area contributed by atoms with Crippen LogP contribution in [0.25, 0.3) is 0 Å². The highest BCUT2D eigenvalue weighted by Crippen LogP contribution is 2.70. The van der Waals surface area contributed by atoms with E-state index in [1.807, 2.05) is 6.08 Å². The van der Waals surface area contributed by atoms with E-state index in [9.17, 15) is 19.8 Å². The molecule has 5 unspecified atom stereocenters. The Bertz CT molecular complexity index is 494. The quantitative estimate of drug-likeness (QED) is 0.803. The number of allylic oxidation sites excluding steroid dienone is 1. The van der Waals surface area contributed by atoms with Crippen LogP contribution in [0, 0.1) is 28.6 Å². The highest BCUT2D eigenvalue weighted by molar-refractivity contribution is 5.89. The third-order valence-corrected chi connectivity index (χ3v) is 6.04. The minimum Gasteiger partial charge on any atom is -0.481 e. The van der Waals surface area contributed by atoms with Gasteiger partial charge in [-0.3, -0.25) is 4.79 Å². The predicted octanol–water partition coefficient (Wildman–Crippen LogP) is 2.54. The van der Waals surface area contributed by atoms with Crippen LogP contribution in [0.2, 0.25) is 0 Å². The standard InChI is InChI=1S/C15H20O4/c1-8-3-4-9-5-10(12(16)17)11-6-14(2,13(18)19)7-15(8,9)11/h5,8-9,11H,3-4,6-7H2,1-2H3,(H,16,17)(H,18,19). The SMILES string of the molecule is CC1CCC2C=C(C(=O)O)C3CC(C)(C(=O)O)CC123. The maximum absolute atomic E-state index is 11.6. The number of carboxylic acids is 2. The van der Waals surface area contributed by atoms with Crippen LogP contribution in [-0.2, 0) is 9.59 Å². The number of hydrogen-bond donors (Lipinski definition) is 2. The first-order chi connectivity index (χ1) is 8.81. The smallest absolute Gasteiger partial charge is 0.331 e. The van der Waals surface area contributed by atoms with Crippen molar-refractivity contribution in [1.82, 2.24) is 0 Å². The van der Waals surface area contributed by atoms with Gasteiger partial charge in [-0.05, 0) is 55.8 Å². The van der Waals surface area contributed by atoms with E-state index in [4.69, 9.17) is 0 Å². The fraction of sp³-hybridized carbons (Fsp3) is 0.733. The van der Waals surface area contributed by atoms with Crippen molar-refractivity contribution in [3.63, 3.8) is 0 Å². The molecule has 0 amide bonds. The zero-order chi connectivity index (χ0) is 14.0. The van der Waals surface area contributed by atoms with E-state index in [-0.39, 0.29) is 17.3 Å². The van der Waals surface area contributed by atoms with Gasteiger partial charge in [0.15, 0.2) is 0 Å². The molecule has 0 radical (unpaired) electrons. The lowest BCUT2D eigenvalue weighted by Gasteiger charge is -2.36. The molecule has 4 nitrogen and oxygen atoms in total. The molecule has 0 saturated heterocycles. The second-order valence-corrected chi connectivity index (χ2v) is 6.92. The molecule has 1 spiro atoms. The van der Waals surface area contributed by atoms with Gasteiger partial charge in [-0.15, -0.1) is 0 Å². The fourth-order valence-corrected chi connectivity index (χ4v) is 5.11. The number of rotatable bonds is 2. The Kier molecular flexibility index (Phi) is 2.42. The Hall–Kier alpha value is -1.32. The van der Waals surface area contributed by atoms with Gasteiger partial charge in [0.05, 0.1) is 5.41 Å². The average Bonchev–Trinajstić information content (AvgIpc) is 2.87. The molecule has 4 heteroatoms. The van der Waals surface area contributed by atoms with Gasteiger partial charge in [0.2, 0.25) is 0 Å². The van der Waals surface area contributed by atoms with Crippen molar-refractivity contribution >= 4 is 11.9 Å². The highest BCUT2D eigenvalue weighted by atomic mass is 16.4. The van der Waals surface area contributed by atoms with E-state index >= 15 is 0 Å². The van der Waals surface area contributed by atoms with Gasteiger partial charge < -0.3 is 10.2 Å². The van der Waals surface area contributed by atoms with Crippen molar-refractivity contribution in [3.8, 4) is 0 Å². The van der Waals surface area contributed by atoms with Crippen molar-refractivity contribution in [3.05, 3.63) is 11.6 Å². The summed E-state index contributed by atoms with van der Waals surface area (Å²) in [4.78, 5) is 23.0. The van der Waals surface area contributed by atoms with E-state index in [0.29, 0.717) is 24.3 Å². The molecular formula is C15H20O4. The molecule has 2 N–H and O–H groups in total.